The second-order valence-corrected chi connectivity index (χ2v) is 7.41. The summed E-state index contributed by atoms with van der Waals surface area (Å²) in [5.74, 6) is -0.314. The first-order valence-electron chi connectivity index (χ1n) is 9.38. The van der Waals surface area contributed by atoms with E-state index in [0.717, 1.165) is 32.4 Å². The van der Waals surface area contributed by atoms with Crippen molar-refractivity contribution >= 4 is 17.9 Å². The minimum atomic E-state index is -1.06. The topological polar surface area (TPSA) is 79.0 Å². The number of likely N-dealkylation sites (tertiary alicyclic amines) is 2. The summed E-state index contributed by atoms with van der Waals surface area (Å²) >= 11 is 0. The van der Waals surface area contributed by atoms with E-state index in [-0.39, 0.29) is 23.9 Å². The van der Waals surface area contributed by atoms with Crippen molar-refractivity contribution < 1.29 is 19.1 Å². The first kappa shape index (κ1) is 19.5. The molecule has 0 bridgehead atoms. The molecule has 0 unspecified atom stereocenters. The van der Waals surface area contributed by atoms with Crippen LogP contribution in [0.5, 0.6) is 0 Å². The number of piperidine rings is 2. The van der Waals surface area contributed by atoms with E-state index in [2.05, 4.69) is 5.32 Å². The van der Waals surface area contributed by atoms with Crippen molar-refractivity contribution in [2.24, 2.45) is 5.41 Å². The molecule has 2 fully saturated rings. The summed E-state index contributed by atoms with van der Waals surface area (Å²) in [5, 5.41) is 3.01. The van der Waals surface area contributed by atoms with E-state index in [4.69, 9.17) is 4.74 Å². The molecule has 0 aromatic carbocycles. The monoisotopic (exact) mass is 353 g/mol. The van der Waals surface area contributed by atoms with Gasteiger partial charge in [-0.05, 0) is 52.9 Å². The number of nitrogens with zero attached hydrogens (tertiary/aromatic N) is 2. The lowest BCUT2D eigenvalue weighted by Crippen LogP contribution is -2.54. The van der Waals surface area contributed by atoms with Crippen LogP contribution in [0.25, 0.3) is 0 Å². The average molecular weight is 353 g/mol. The molecule has 2 saturated heterocycles. The minimum absolute atomic E-state index is 0.00777. The summed E-state index contributed by atoms with van der Waals surface area (Å²) in [7, 11) is 0. The molecule has 0 spiro atoms. The molecule has 7 heteroatoms. The lowest BCUT2D eigenvalue weighted by atomic mass is 9.88. The molecule has 3 amide bonds. The Bertz CT molecular complexity index is 493. The predicted octanol–water partition coefficient (Wildman–Crippen LogP) is 1.76. The summed E-state index contributed by atoms with van der Waals surface area (Å²) in [5.41, 5.74) is -1.06. The van der Waals surface area contributed by atoms with Crippen LogP contribution in [0.1, 0.15) is 52.9 Å². The number of carbonyl (C=O) groups excluding carboxylic acids is 3. The molecule has 1 N–H and O–H groups in total. The van der Waals surface area contributed by atoms with E-state index in [1.807, 2.05) is 4.90 Å². The molecule has 25 heavy (non-hydrogen) atoms. The molecule has 2 heterocycles. The Labute approximate surface area is 150 Å². The Kier molecular flexibility index (Phi) is 6.67. The third-order valence-electron chi connectivity index (χ3n) is 5.10. The second-order valence-electron chi connectivity index (χ2n) is 7.41. The largest absolute Gasteiger partial charge is 0.450 e. The van der Waals surface area contributed by atoms with Gasteiger partial charge in [-0.15, -0.1) is 0 Å². The van der Waals surface area contributed by atoms with Crippen molar-refractivity contribution in [2.75, 3.05) is 32.8 Å². The molecule has 2 aliphatic rings. The standard InChI is InChI=1S/C18H31N3O4/c1-4-25-17(24)21-12-8-14(9-13-21)19-15(22)18(2,3)16(23)20-10-6-5-7-11-20/h14H,4-13H2,1-3H3,(H,19,22). The molecule has 0 radical (unpaired) electrons. The summed E-state index contributed by atoms with van der Waals surface area (Å²) in [6.45, 7) is 8.16. The van der Waals surface area contributed by atoms with Gasteiger partial charge in [-0.1, -0.05) is 0 Å². The number of carbonyl (C=O) groups is 3. The number of hydrogen-bond donors (Lipinski definition) is 1. The van der Waals surface area contributed by atoms with E-state index >= 15 is 0 Å². The van der Waals surface area contributed by atoms with Crippen molar-refractivity contribution in [3.63, 3.8) is 0 Å². The van der Waals surface area contributed by atoms with Gasteiger partial charge >= 0.3 is 6.09 Å². The molecule has 0 aliphatic carbocycles. The molecule has 2 aliphatic heterocycles. The van der Waals surface area contributed by atoms with Crippen LogP contribution in [0.15, 0.2) is 0 Å². The summed E-state index contributed by atoms with van der Waals surface area (Å²) in [6.07, 6.45) is 4.23. The Morgan fingerprint density at radius 1 is 1.00 bits per heavy atom. The number of rotatable bonds is 4. The zero-order chi connectivity index (χ0) is 18.4. The van der Waals surface area contributed by atoms with Crippen molar-refractivity contribution in [3.05, 3.63) is 0 Å². The molecule has 2 rings (SSSR count). The highest BCUT2D eigenvalue weighted by atomic mass is 16.6. The number of ether oxygens (including phenoxy) is 1. The molecule has 0 aromatic heterocycles. The first-order valence-corrected chi connectivity index (χ1v) is 9.38. The van der Waals surface area contributed by atoms with Gasteiger partial charge in [0.25, 0.3) is 0 Å². The van der Waals surface area contributed by atoms with Gasteiger partial charge in [0.15, 0.2) is 0 Å². The average Bonchev–Trinajstić information content (AvgIpc) is 2.62. The van der Waals surface area contributed by atoms with Gasteiger partial charge in [0.1, 0.15) is 5.41 Å². The van der Waals surface area contributed by atoms with Crippen molar-refractivity contribution in [2.45, 2.75) is 58.9 Å². The molecular formula is C18H31N3O4. The lowest BCUT2D eigenvalue weighted by Gasteiger charge is -2.36. The normalized spacial score (nSPS) is 19.5. The van der Waals surface area contributed by atoms with Gasteiger partial charge in [0.05, 0.1) is 6.61 Å². The Hall–Kier alpha value is -1.79. The van der Waals surface area contributed by atoms with Gasteiger partial charge in [0, 0.05) is 32.2 Å². The fraction of sp³-hybridized carbons (Fsp3) is 0.833. The molecular weight excluding hydrogens is 322 g/mol. The fourth-order valence-corrected chi connectivity index (χ4v) is 3.38. The van der Waals surface area contributed by atoms with Gasteiger partial charge < -0.3 is 19.9 Å². The summed E-state index contributed by atoms with van der Waals surface area (Å²) in [4.78, 5) is 40.6. The maximum Gasteiger partial charge on any atom is 0.409 e. The maximum absolute atomic E-state index is 12.7. The van der Waals surface area contributed by atoms with Crippen LogP contribution in [-0.4, -0.2) is 66.5 Å². The van der Waals surface area contributed by atoms with E-state index in [0.29, 0.717) is 32.5 Å². The molecule has 142 valence electrons. The van der Waals surface area contributed by atoms with Crippen LogP contribution in [0.4, 0.5) is 4.79 Å². The smallest absolute Gasteiger partial charge is 0.409 e. The van der Waals surface area contributed by atoms with Crippen LogP contribution in [0.3, 0.4) is 0 Å². The third-order valence-corrected chi connectivity index (χ3v) is 5.10. The number of nitrogens with one attached hydrogen (secondary N) is 1. The summed E-state index contributed by atoms with van der Waals surface area (Å²) < 4.78 is 5.00. The van der Waals surface area contributed by atoms with Crippen molar-refractivity contribution in [1.82, 2.24) is 15.1 Å². The lowest BCUT2D eigenvalue weighted by molar-refractivity contribution is -0.149. The quantitative estimate of drug-likeness (QED) is 0.781. The Morgan fingerprint density at radius 2 is 1.60 bits per heavy atom. The van der Waals surface area contributed by atoms with Gasteiger partial charge in [-0.25, -0.2) is 4.79 Å². The van der Waals surface area contributed by atoms with E-state index in [9.17, 15) is 14.4 Å². The van der Waals surface area contributed by atoms with Gasteiger partial charge in [-0.2, -0.15) is 0 Å². The highest BCUT2D eigenvalue weighted by molar-refractivity contribution is 6.04. The van der Waals surface area contributed by atoms with Crippen LogP contribution in [0.2, 0.25) is 0 Å². The zero-order valence-corrected chi connectivity index (χ0v) is 15.7. The predicted molar refractivity (Wildman–Crippen MR) is 94.0 cm³/mol. The van der Waals surface area contributed by atoms with Crippen molar-refractivity contribution in [3.8, 4) is 0 Å². The number of amides is 3. The van der Waals surface area contributed by atoms with E-state index in [1.54, 1.807) is 25.7 Å². The van der Waals surface area contributed by atoms with E-state index in [1.165, 1.54) is 0 Å². The van der Waals surface area contributed by atoms with Crippen molar-refractivity contribution in [1.29, 1.82) is 0 Å². The highest BCUT2D eigenvalue weighted by Crippen LogP contribution is 2.23. The molecule has 7 nitrogen and oxygen atoms in total. The molecule has 0 saturated carbocycles. The molecule has 0 atom stereocenters. The minimum Gasteiger partial charge on any atom is -0.450 e. The van der Waals surface area contributed by atoms with Crippen LogP contribution < -0.4 is 5.32 Å². The van der Waals surface area contributed by atoms with Crippen LogP contribution in [-0.2, 0) is 14.3 Å². The zero-order valence-electron chi connectivity index (χ0n) is 15.7. The number of hydrogen-bond acceptors (Lipinski definition) is 4. The SMILES string of the molecule is CCOC(=O)N1CCC(NC(=O)C(C)(C)C(=O)N2CCCCC2)CC1. The first-order chi connectivity index (χ1) is 11.9. The van der Waals surface area contributed by atoms with Gasteiger partial charge in [-0.3, -0.25) is 9.59 Å². The Morgan fingerprint density at radius 3 is 2.16 bits per heavy atom. The summed E-state index contributed by atoms with van der Waals surface area (Å²) in [6, 6.07) is -0.00777. The van der Waals surface area contributed by atoms with Crippen LogP contribution >= 0.6 is 0 Å². The van der Waals surface area contributed by atoms with E-state index < -0.39 is 5.41 Å². The Balaban J connectivity index is 1.84. The third kappa shape index (κ3) is 4.86. The molecule has 0 aromatic rings. The van der Waals surface area contributed by atoms with Gasteiger partial charge in [0.2, 0.25) is 11.8 Å². The second kappa shape index (κ2) is 8.54. The maximum atomic E-state index is 12.7. The fourth-order valence-electron chi connectivity index (χ4n) is 3.38. The highest BCUT2D eigenvalue weighted by Gasteiger charge is 2.40. The van der Waals surface area contributed by atoms with Crippen LogP contribution in [0, 0.1) is 5.41 Å².